The highest BCUT2D eigenvalue weighted by molar-refractivity contribution is 5.93. The number of carbonyl (C=O) groups is 1. The highest BCUT2D eigenvalue weighted by atomic mass is 19.4. The maximum atomic E-state index is 12.4. The summed E-state index contributed by atoms with van der Waals surface area (Å²) in [5.74, 6) is 2.13. The molecule has 0 N–H and O–H groups in total. The summed E-state index contributed by atoms with van der Waals surface area (Å²) in [4.78, 5) is 18.5. The van der Waals surface area contributed by atoms with E-state index in [1.165, 1.54) is 11.0 Å². The Morgan fingerprint density at radius 3 is 2.35 bits per heavy atom. The van der Waals surface area contributed by atoms with Gasteiger partial charge in [-0.2, -0.15) is 13.2 Å². The first-order valence-electron chi connectivity index (χ1n) is 5.95. The SMILES string of the molecule is C#CC(=O)N1CCN(c2ccc(C(F)(F)F)cn2)CC1. The number of terminal acetylenes is 1. The number of alkyl halides is 3. The Hall–Kier alpha value is -2.23. The van der Waals surface area contributed by atoms with Gasteiger partial charge < -0.3 is 9.80 Å². The van der Waals surface area contributed by atoms with Gasteiger partial charge in [0.2, 0.25) is 0 Å². The van der Waals surface area contributed by atoms with Crippen molar-refractivity contribution >= 4 is 11.7 Å². The first kappa shape index (κ1) is 14.2. The van der Waals surface area contributed by atoms with Crippen LogP contribution in [0, 0.1) is 12.3 Å². The lowest BCUT2D eigenvalue weighted by Crippen LogP contribution is -2.48. The summed E-state index contributed by atoms with van der Waals surface area (Å²) >= 11 is 0. The quantitative estimate of drug-likeness (QED) is 0.731. The molecule has 2 heterocycles. The summed E-state index contributed by atoms with van der Waals surface area (Å²) in [6, 6.07) is 2.34. The molecular weight excluding hydrogens is 271 g/mol. The first-order valence-corrected chi connectivity index (χ1v) is 5.95. The van der Waals surface area contributed by atoms with Gasteiger partial charge in [0.05, 0.1) is 5.56 Å². The van der Waals surface area contributed by atoms with Gasteiger partial charge in [-0.25, -0.2) is 4.98 Å². The van der Waals surface area contributed by atoms with Crippen molar-refractivity contribution in [2.75, 3.05) is 31.1 Å². The summed E-state index contributed by atoms with van der Waals surface area (Å²) in [6.45, 7) is 1.86. The van der Waals surface area contributed by atoms with Crippen molar-refractivity contribution in [3.05, 3.63) is 23.9 Å². The fourth-order valence-corrected chi connectivity index (χ4v) is 1.97. The topological polar surface area (TPSA) is 36.4 Å². The molecule has 0 aromatic carbocycles. The molecule has 0 bridgehead atoms. The van der Waals surface area contributed by atoms with Crippen LogP contribution in [0.5, 0.6) is 0 Å². The zero-order valence-corrected chi connectivity index (χ0v) is 10.5. The fraction of sp³-hybridized carbons (Fsp3) is 0.385. The van der Waals surface area contributed by atoms with Crippen LogP contribution in [0.2, 0.25) is 0 Å². The van der Waals surface area contributed by atoms with Gasteiger partial charge in [0.25, 0.3) is 5.91 Å². The third-order valence-corrected chi connectivity index (χ3v) is 3.09. The van der Waals surface area contributed by atoms with Gasteiger partial charge in [0.1, 0.15) is 5.82 Å². The number of rotatable bonds is 1. The lowest BCUT2D eigenvalue weighted by molar-refractivity contribution is -0.137. The van der Waals surface area contributed by atoms with Crippen LogP contribution >= 0.6 is 0 Å². The number of anilines is 1. The second kappa shape index (κ2) is 5.41. The molecule has 1 aromatic heterocycles. The van der Waals surface area contributed by atoms with E-state index in [1.54, 1.807) is 0 Å². The molecule has 0 aliphatic carbocycles. The van der Waals surface area contributed by atoms with Crippen molar-refractivity contribution in [2.45, 2.75) is 6.18 Å². The molecule has 7 heteroatoms. The van der Waals surface area contributed by atoms with Gasteiger partial charge in [-0.05, 0) is 18.1 Å². The highest BCUT2D eigenvalue weighted by Gasteiger charge is 2.31. The number of pyridine rings is 1. The second-order valence-electron chi connectivity index (χ2n) is 4.33. The first-order chi connectivity index (χ1) is 9.41. The molecule has 1 aliphatic heterocycles. The van der Waals surface area contributed by atoms with Gasteiger partial charge in [-0.1, -0.05) is 0 Å². The molecule has 0 saturated carbocycles. The van der Waals surface area contributed by atoms with Crippen molar-refractivity contribution in [3.8, 4) is 12.3 Å². The monoisotopic (exact) mass is 283 g/mol. The number of carbonyl (C=O) groups excluding carboxylic acids is 1. The Bertz CT molecular complexity index is 525. The predicted octanol–water partition coefficient (Wildman–Crippen LogP) is 1.38. The largest absolute Gasteiger partial charge is 0.417 e. The smallest absolute Gasteiger partial charge is 0.353 e. The maximum Gasteiger partial charge on any atom is 0.417 e. The Labute approximate surface area is 114 Å². The summed E-state index contributed by atoms with van der Waals surface area (Å²) in [5.41, 5.74) is -0.776. The fourth-order valence-electron chi connectivity index (χ4n) is 1.97. The molecule has 1 fully saturated rings. The molecular formula is C13H12F3N3O. The Morgan fingerprint density at radius 2 is 1.90 bits per heavy atom. The summed E-state index contributed by atoms with van der Waals surface area (Å²) in [5, 5.41) is 0. The Kier molecular flexibility index (Phi) is 3.84. The molecule has 2 rings (SSSR count). The van der Waals surface area contributed by atoms with Crippen LogP contribution in [-0.2, 0) is 11.0 Å². The molecule has 106 valence electrons. The van der Waals surface area contributed by atoms with Crippen LogP contribution < -0.4 is 4.90 Å². The number of aromatic nitrogens is 1. The van der Waals surface area contributed by atoms with Crippen LogP contribution in [0.25, 0.3) is 0 Å². The van der Waals surface area contributed by atoms with E-state index in [-0.39, 0.29) is 5.91 Å². The minimum Gasteiger partial charge on any atom is -0.353 e. The van der Waals surface area contributed by atoms with Crippen LogP contribution in [0.4, 0.5) is 19.0 Å². The van der Waals surface area contributed by atoms with E-state index >= 15 is 0 Å². The molecule has 0 radical (unpaired) electrons. The van der Waals surface area contributed by atoms with Gasteiger partial charge in [0.15, 0.2) is 0 Å². The molecule has 1 amide bonds. The normalized spacial score (nSPS) is 15.9. The van der Waals surface area contributed by atoms with Crippen molar-refractivity contribution in [1.29, 1.82) is 0 Å². The number of hydrogen-bond donors (Lipinski definition) is 0. The van der Waals surface area contributed by atoms with Gasteiger partial charge >= 0.3 is 6.18 Å². The van der Waals surface area contributed by atoms with Gasteiger partial charge in [0, 0.05) is 32.4 Å². The highest BCUT2D eigenvalue weighted by Crippen LogP contribution is 2.29. The standard InChI is InChI=1S/C13H12F3N3O/c1-2-12(20)19-7-5-18(6-8-19)11-4-3-10(9-17-11)13(14,15)16/h1,3-4,9H,5-8H2. The van der Waals surface area contributed by atoms with E-state index in [2.05, 4.69) is 4.98 Å². The van der Waals surface area contributed by atoms with Gasteiger partial charge in [-0.3, -0.25) is 4.79 Å². The maximum absolute atomic E-state index is 12.4. The lowest BCUT2D eigenvalue weighted by atomic mass is 10.2. The summed E-state index contributed by atoms with van der Waals surface area (Å²) in [7, 11) is 0. The van der Waals surface area contributed by atoms with Crippen molar-refractivity contribution in [3.63, 3.8) is 0 Å². The van der Waals surface area contributed by atoms with E-state index < -0.39 is 11.7 Å². The molecule has 20 heavy (non-hydrogen) atoms. The van der Waals surface area contributed by atoms with Gasteiger partial charge in [-0.15, -0.1) is 6.42 Å². The van der Waals surface area contributed by atoms with Crippen LogP contribution in [0.1, 0.15) is 5.56 Å². The Morgan fingerprint density at radius 1 is 1.25 bits per heavy atom. The van der Waals surface area contributed by atoms with Crippen LogP contribution in [-0.4, -0.2) is 42.0 Å². The molecule has 1 aromatic rings. The van der Waals surface area contributed by atoms with E-state index in [1.807, 2.05) is 10.8 Å². The average Bonchev–Trinajstić information content (AvgIpc) is 2.46. The Balaban J connectivity index is 2.01. The minimum atomic E-state index is -4.39. The van der Waals surface area contributed by atoms with Crippen molar-refractivity contribution < 1.29 is 18.0 Å². The zero-order chi connectivity index (χ0) is 14.8. The third kappa shape index (κ3) is 3.02. The van der Waals surface area contributed by atoms with Crippen LogP contribution in [0.15, 0.2) is 18.3 Å². The molecule has 4 nitrogen and oxygen atoms in total. The summed E-state index contributed by atoms with van der Waals surface area (Å²) in [6.07, 6.45) is 1.46. The number of piperazine rings is 1. The summed E-state index contributed by atoms with van der Waals surface area (Å²) < 4.78 is 37.3. The zero-order valence-electron chi connectivity index (χ0n) is 10.5. The number of halogens is 3. The number of nitrogens with zero attached hydrogens (tertiary/aromatic N) is 3. The molecule has 1 aliphatic rings. The molecule has 0 spiro atoms. The number of hydrogen-bond acceptors (Lipinski definition) is 3. The minimum absolute atomic E-state index is 0.370. The second-order valence-corrected chi connectivity index (χ2v) is 4.33. The van der Waals surface area contributed by atoms with E-state index in [0.717, 1.165) is 12.3 Å². The molecule has 0 unspecified atom stereocenters. The van der Waals surface area contributed by atoms with E-state index in [4.69, 9.17) is 6.42 Å². The molecule has 0 atom stereocenters. The van der Waals surface area contributed by atoms with E-state index in [0.29, 0.717) is 32.0 Å². The van der Waals surface area contributed by atoms with E-state index in [9.17, 15) is 18.0 Å². The molecule has 1 saturated heterocycles. The third-order valence-electron chi connectivity index (χ3n) is 3.09. The van der Waals surface area contributed by atoms with Crippen molar-refractivity contribution in [2.24, 2.45) is 0 Å². The average molecular weight is 283 g/mol. The van der Waals surface area contributed by atoms with Crippen molar-refractivity contribution in [1.82, 2.24) is 9.88 Å². The number of amides is 1. The predicted molar refractivity (Wildman–Crippen MR) is 66.9 cm³/mol. The lowest BCUT2D eigenvalue weighted by Gasteiger charge is -2.34. The van der Waals surface area contributed by atoms with Crippen LogP contribution in [0.3, 0.4) is 0 Å².